The van der Waals surface area contributed by atoms with E-state index in [-0.39, 0.29) is 18.0 Å². The number of rotatable bonds is 3. The lowest BCUT2D eigenvalue weighted by atomic mass is 9.92. The number of likely N-dealkylation sites (tertiary alicyclic amines) is 1. The zero-order chi connectivity index (χ0) is 14.9. The van der Waals surface area contributed by atoms with Gasteiger partial charge in [-0.3, -0.25) is 4.79 Å². The Balaban J connectivity index is 2.26. The van der Waals surface area contributed by atoms with Crippen molar-refractivity contribution >= 4 is 17.5 Å². The summed E-state index contributed by atoms with van der Waals surface area (Å²) in [5, 5.41) is 0.608. The van der Waals surface area contributed by atoms with Crippen LogP contribution in [0.2, 0.25) is 5.02 Å². The summed E-state index contributed by atoms with van der Waals surface area (Å²) in [5.74, 6) is 0.682. The first-order chi connectivity index (χ1) is 9.43. The molecule has 2 unspecified atom stereocenters. The fourth-order valence-electron chi connectivity index (χ4n) is 2.93. The second-order valence-electron chi connectivity index (χ2n) is 6.06. The molecule has 1 aliphatic rings. The van der Waals surface area contributed by atoms with E-state index in [1.165, 1.54) is 0 Å². The molecule has 112 valence electrons. The van der Waals surface area contributed by atoms with Crippen LogP contribution in [-0.4, -0.2) is 34.5 Å². The summed E-state index contributed by atoms with van der Waals surface area (Å²) in [6, 6.07) is 2.11. The number of carbonyl (C=O) groups excluding carboxylic acids is 1. The number of amides is 1. The number of hydrogen-bond acceptors (Lipinski definition) is 2. The van der Waals surface area contributed by atoms with Crippen LogP contribution in [-0.2, 0) is 0 Å². The molecule has 2 N–H and O–H groups in total. The molecule has 0 aromatic carbocycles. The third-order valence-corrected chi connectivity index (χ3v) is 4.31. The quantitative estimate of drug-likeness (QED) is 0.932. The lowest BCUT2D eigenvalue weighted by Gasteiger charge is -2.38. The third-order valence-electron chi connectivity index (χ3n) is 4.10. The molecule has 0 radical (unpaired) electrons. The van der Waals surface area contributed by atoms with Gasteiger partial charge in [-0.15, -0.1) is 0 Å². The molecule has 0 bridgehead atoms. The first-order valence-corrected chi connectivity index (χ1v) is 7.70. The lowest BCUT2D eigenvalue weighted by Crippen LogP contribution is -2.49. The Morgan fingerprint density at radius 3 is 2.85 bits per heavy atom. The molecule has 1 aromatic heterocycles. The van der Waals surface area contributed by atoms with Crippen molar-refractivity contribution in [1.82, 2.24) is 9.47 Å². The fourth-order valence-corrected chi connectivity index (χ4v) is 3.14. The highest BCUT2D eigenvalue weighted by Crippen LogP contribution is 2.26. The molecule has 5 heteroatoms. The van der Waals surface area contributed by atoms with Crippen LogP contribution in [0.25, 0.3) is 0 Å². The molecule has 4 nitrogen and oxygen atoms in total. The number of piperidine rings is 1. The standard InChI is InChI=1S/C15H24ClN3O/c1-10(2)19-9-12(16)7-14(19)15(20)18-5-4-11(3)6-13(18)8-17/h7,9-11,13H,4-6,8,17H2,1-3H3. The van der Waals surface area contributed by atoms with Gasteiger partial charge in [0.1, 0.15) is 5.69 Å². The summed E-state index contributed by atoms with van der Waals surface area (Å²) in [7, 11) is 0. The van der Waals surface area contributed by atoms with Crippen LogP contribution in [0.5, 0.6) is 0 Å². The van der Waals surface area contributed by atoms with Crippen LogP contribution in [0.4, 0.5) is 0 Å². The number of nitrogens with zero attached hydrogens (tertiary/aromatic N) is 2. The van der Waals surface area contributed by atoms with Crippen LogP contribution in [0.1, 0.15) is 50.1 Å². The number of nitrogens with two attached hydrogens (primary N) is 1. The van der Waals surface area contributed by atoms with Crippen molar-refractivity contribution in [1.29, 1.82) is 0 Å². The van der Waals surface area contributed by atoms with Gasteiger partial charge >= 0.3 is 0 Å². The second-order valence-corrected chi connectivity index (χ2v) is 6.50. The number of halogens is 1. The molecule has 0 aliphatic carbocycles. The Kier molecular flexibility index (Phi) is 4.76. The van der Waals surface area contributed by atoms with Gasteiger partial charge in [0, 0.05) is 31.4 Å². The fraction of sp³-hybridized carbons (Fsp3) is 0.667. The molecule has 0 saturated carbocycles. The topological polar surface area (TPSA) is 51.3 Å². The van der Waals surface area contributed by atoms with Gasteiger partial charge < -0.3 is 15.2 Å². The van der Waals surface area contributed by atoms with Crippen molar-refractivity contribution in [2.45, 2.75) is 45.7 Å². The van der Waals surface area contributed by atoms with Gasteiger partial charge in [0.25, 0.3) is 5.91 Å². The summed E-state index contributed by atoms with van der Waals surface area (Å²) in [5.41, 5.74) is 6.51. The van der Waals surface area contributed by atoms with Crippen molar-refractivity contribution in [3.63, 3.8) is 0 Å². The minimum absolute atomic E-state index is 0.0490. The minimum Gasteiger partial charge on any atom is -0.339 e. The van der Waals surface area contributed by atoms with E-state index in [4.69, 9.17) is 17.3 Å². The summed E-state index contributed by atoms with van der Waals surface area (Å²) in [6.07, 6.45) is 3.85. The second kappa shape index (κ2) is 6.19. The Hall–Kier alpha value is -1.00. The zero-order valence-corrected chi connectivity index (χ0v) is 13.2. The highest BCUT2D eigenvalue weighted by molar-refractivity contribution is 6.31. The summed E-state index contributed by atoms with van der Waals surface area (Å²) >= 11 is 6.07. The van der Waals surface area contributed by atoms with Gasteiger partial charge in [0.15, 0.2) is 0 Å². The lowest BCUT2D eigenvalue weighted by molar-refractivity contribution is 0.0561. The maximum Gasteiger partial charge on any atom is 0.270 e. The average Bonchev–Trinajstić information content (AvgIpc) is 2.80. The largest absolute Gasteiger partial charge is 0.339 e. The molecule has 1 fully saturated rings. The molecule has 2 heterocycles. The van der Waals surface area contributed by atoms with E-state index in [0.29, 0.717) is 23.2 Å². The molecule has 2 atom stereocenters. The predicted octanol–water partition coefficient (Wildman–Crippen LogP) is 2.92. The molecular weight excluding hydrogens is 274 g/mol. The number of aromatic nitrogens is 1. The number of hydrogen-bond donors (Lipinski definition) is 1. The molecular formula is C15H24ClN3O. The maximum atomic E-state index is 12.8. The highest BCUT2D eigenvalue weighted by atomic mass is 35.5. The predicted molar refractivity (Wildman–Crippen MR) is 82.1 cm³/mol. The van der Waals surface area contributed by atoms with Crippen molar-refractivity contribution in [2.24, 2.45) is 11.7 Å². The summed E-state index contributed by atoms with van der Waals surface area (Å²) < 4.78 is 1.94. The summed E-state index contributed by atoms with van der Waals surface area (Å²) in [4.78, 5) is 14.7. The monoisotopic (exact) mass is 297 g/mol. The number of carbonyl (C=O) groups is 1. The smallest absolute Gasteiger partial charge is 0.270 e. The van der Waals surface area contributed by atoms with E-state index < -0.39 is 0 Å². The van der Waals surface area contributed by atoms with Gasteiger partial charge in [-0.25, -0.2) is 0 Å². The molecule has 20 heavy (non-hydrogen) atoms. The Labute approximate surface area is 125 Å². The maximum absolute atomic E-state index is 12.8. The zero-order valence-electron chi connectivity index (χ0n) is 12.5. The summed E-state index contributed by atoms with van der Waals surface area (Å²) in [6.45, 7) is 7.62. The average molecular weight is 298 g/mol. The molecule has 1 aromatic rings. The van der Waals surface area contributed by atoms with Gasteiger partial charge in [0.05, 0.1) is 5.02 Å². The van der Waals surface area contributed by atoms with E-state index in [0.717, 1.165) is 19.4 Å². The van der Waals surface area contributed by atoms with E-state index in [1.54, 1.807) is 6.07 Å². The van der Waals surface area contributed by atoms with Crippen LogP contribution in [0.15, 0.2) is 12.3 Å². The highest BCUT2D eigenvalue weighted by Gasteiger charge is 2.31. The van der Waals surface area contributed by atoms with E-state index in [9.17, 15) is 4.79 Å². The van der Waals surface area contributed by atoms with Crippen molar-refractivity contribution in [2.75, 3.05) is 13.1 Å². The van der Waals surface area contributed by atoms with Gasteiger partial charge in [-0.2, -0.15) is 0 Å². The molecule has 2 rings (SSSR count). The van der Waals surface area contributed by atoms with E-state index >= 15 is 0 Å². The van der Waals surface area contributed by atoms with Crippen LogP contribution >= 0.6 is 11.6 Å². The van der Waals surface area contributed by atoms with Crippen molar-refractivity contribution in [3.05, 3.63) is 23.0 Å². The van der Waals surface area contributed by atoms with Gasteiger partial charge in [-0.05, 0) is 38.7 Å². The first kappa shape index (κ1) is 15.4. The molecule has 1 amide bonds. The van der Waals surface area contributed by atoms with Crippen LogP contribution < -0.4 is 5.73 Å². The van der Waals surface area contributed by atoms with Crippen LogP contribution in [0.3, 0.4) is 0 Å². The normalized spacial score (nSPS) is 23.4. The Morgan fingerprint density at radius 2 is 2.25 bits per heavy atom. The minimum atomic E-state index is 0.0490. The van der Waals surface area contributed by atoms with Crippen LogP contribution in [0, 0.1) is 5.92 Å². The molecule has 1 saturated heterocycles. The first-order valence-electron chi connectivity index (χ1n) is 7.32. The van der Waals surface area contributed by atoms with E-state index in [1.807, 2.05) is 29.5 Å². The Bertz CT molecular complexity index is 483. The Morgan fingerprint density at radius 1 is 1.55 bits per heavy atom. The van der Waals surface area contributed by atoms with E-state index in [2.05, 4.69) is 6.92 Å². The van der Waals surface area contributed by atoms with Gasteiger partial charge in [0.2, 0.25) is 0 Å². The molecule has 1 aliphatic heterocycles. The van der Waals surface area contributed by atoms with Gasteiger partial charge in [-0.1, -0.05) is 18.5 Å². The molecule has 0 spiro atoms. The SMILES string of the molecule is CC1CCN(C(=O)c2cc(Cl)cn2C(C)C)C(CN)C1. The van der Waals surface area contributed by atoms with Crippen molar-refractivity contribution in [3.8, 4) is 0 Å². The third kappa shape index (κ3) is 3.01. The van der Waals surface area contributed by atoms with Crippen molar-refractivity contribution < 1.29 is 4.79 Å².